The first-order valence-electron chi connectivity index (χ1n) is 3.69. The van der Waals surface area contributed by atoms with Gasteiger partial charge in [-0.15, -0.1) is 0 Å². The lowest BCUT2D eigenvalue weighted by atomic mass is 10.1. The molecule has 0 unspecified atom stereocenters. The molecule has 2 heterocycles. The van der Waals surface area contributed by atoms with Crippen LogP contribution in [0.3, 0.4) is 0 Å². The molecule has 2 aromatic heterocycles. The molecule has 1 N–H and O–H groups in total. The SMILES string of the molecule is OCc1cncc2ccncc12. The van der Waals surface area contributed by atoms with E-state index in [1.807, 2.05) is 6.07 Å². The number of fused-ring (bicyclic) bond motifs is 1. The number of hydrogen-bond acceptors (Lipinski definition) is 3. The van der Waals surface area contributed by atoms with E-state index in [2.05, 4.69) is 9.97 Å². The van der Waals surface area contributed by atoms with Crippen LogP contribution in [-0.4, -0.2) is 15.1 Å². The van der Waals surface area contributed by atoms with Crippen molar-refractivity contribution in [2.24, 2.45) is 0 Å². The van der Waals surface area contributed by atoms with Gasteiger partial charge in [-0.1, -0.05) is 0 Å². The van der Waals surface area contributed by atoms with Crippen molar-refractivity contribution >= 4 is 10.8 Å². The molecule has 0 aliphatic heterocycles. The summed E-state index contributed by atoms with van der Waals surface area (Å²) >= 11 is 0. The largest absolute Gasteiger partial charge is 0.392 e. The molecule has 2 aromatic rings. The molecule has 0 aliphatic carbocycles. The Kier molecular flexibility index (Phi) is 1.72. The Labute approximate surface area is 69.7 Å². The van der Waals surface area contributed by atoms with E-state index < -0.39 is 0 Å². The zero-order valence-corrected chi connectivity index (χ0v) is 6.44. The van der Waals surface area contributed by atoms with Crippen molar-refractivity contribution in [2.75, 3.05) is 0 Å². The summed E-state index contributed by atoms with van der Waals surface area (Å²) in [4.78, 5) is 7.98. The minimum Gasteiger partial charge on any atom is -0.392 e. The monoisotopic (exact) mass is 160 g/mol. The van der Waals surface area contributed by atoms with Crippen LogP contribution in [0.2, 0.25) is 0 Å². The topological polar surface area (TPSA) is 46.0 Å². The summed E-state index contributed by atoms with van der Waals surface area (Å²) in [5.41, 5.74) is 0.820. The van der Waals surface area contributed by atoms with Gasteiger partial charge >= 0.3 is 0 Å². The van der Waals surface area contributed by atoms with Crippen molar-refractivity contribution in [1.82, 2.24) is 9.97 Å². The summed E-state index contributed by atoms with van der Waals surface area (Å²) in [7, 11) is 0. The van der Waals surface area contributed by atoms with E-state index in [0.29, 0.717) is 0 Å². The number of nitrogens with zero attached hydrogens (tertiary/aromatic N) is 2. The third kappa shape index (κ3) is 1.04. The minimum atomic E-state index is 0.00995. The van der Waals surface area contributed by atoms with Crippen LogP contribution in [0, 0.1) is 0 Å². The van der Waals surface area contributed by atoms with Gasteiger partial charge in [0, 0.05) is 41.1 Å². The molecule has 0 atom stereocenters. The highest BCUT2D eigenvalue weighted by Crippen LogP contribution is 2.14. The molecule has 12 heavy (non-hydrogen) atoms. The lowest BCUT2D eigenvalue weighted by molar-refractivity contribution is 0.283. The van der Waals surface area contributed by atoms with Gasteiger partial charge in [0.05, 0.1) is 6.61 Å². The summed E-state index contributed by atoms with van der Waals surface area (Å²) in [5.74, 6) is 0. The van der Waals surface area contributed by atoms with Crippen molar-refractivity contribution in [3.63, 3.8) is 0 Å². The van der Waals surface area contributed by atoms with Gasteiger partial charge in [0.25, 0.3) is 0 Å². The Balaban J connectivity index is 2.79. The first-order valence-corrected chi connectivity index (χ1v) is 3.69. The highest BCUT2D eigenvalue weighted by molar-refractivity contribution is 5.83. The molecule has 0 bridgehead atoms. The van der Waals surface area contributed by atoms with E-state index in [9.17, 15) is 0 Å². The van der Waals surface area contributed by atoms with Crippen LogP contribution in [0.15, 0.2) is 30.9 Å². The predicted molar refractivity (Wildman–Crippen MR) is 45.5 cm³/mol. The Morgan fingerprint density at radius 1 is 1.17 bits per heavy atom. The van der Waals surface area contributed by atoms with E-state index in [0.717, 1.165) is 16.3 Å². The molecular formula is C9H8N2O. The fourth-order valence-electron chi connectivity index (χ4n) is 1.19. The number of aliphatic hydroxyl groups excluding tert-OH is 1. The van der Waals surface area contributed by atoms with Crippen LogP contribution in [0.25, 0.3) is 10.8 Å². The smallest absolute Gasteiger partial charge is 0.0703 e. The molecule has 0 aliphatic rings. The van der Waals surface area contributed by atoms with Gasteiger partial charge in [0.2, 0.25) is 0 Å². The maximum absolute atomic E-state index is 8.97. The van der Waals surface area contributed by atoms with Crippen LogP contribution in [0.1, 0.15) is 5.56 Å². The molecular weight excluding hydrogens is 152 g/mol. The molecule has 0 saturated heterocycles. The fourth-order valence-corrected chi connectivity index (χ4v) is 1.19. The zero-order valence-electron chi connectivity index (χ0n) is 6.44. The highest BCUT2D eigenvalue weighted by atomic mass is 16.3. The third-order valence-electron chi connectivity index (χ3n) is 1.82. The number of aromatic nitrogens is 2. The first kappa shape index (κ1) is 7.18. The van der Waals surface area contributed by atoms with Crippen molar-refractivity contribution in [1.29, 1.82) is 0 Å². The molecule has 2 rings (SSSR count). The maximum atomic E-state index is 8.97. The predicted octanol–water partition coefficient (Wildman–Crippen LogP) is 1.12. The van der Waals surface area contributed by atoms with Crippen molar-refractivity contribution < 1.29 is 5.11 Å². The number of aliphatic hydroxyl groups is 1. The summed E-state index contributed by atoms with van der Waals surface area (Å²) in [6.07, 6.45) is 6.87. The van der Waals surface area contributed by atoms with Gasteiger partial charge in [-0.05, 0) is 6.07 Å². The third-order valence-corrected chi connectivity index (χ3v) is 1.82. The van der Waals surface area contributed by atoms with Gasteiger partial charge in [-0.25, -0.2) is 0 Å². The molecule has 3 heteroatoms. The van der Waals surface area contributed by atoms with E-state index >= 15 is 0 Å². The number of rotatable bonds is 1. The summed E-state index contributed by atoms with van der Waals surface area (Å²) in [6, 6.07) is 1.88. The average molecular weight is 160 g/mol. The van der Waals surface area contributed by atoms with E-state index in [1.165, 1.54) is 0 Å². The minimum absolute atomic E-state index is 0.00995. The lowest BCUT2D eigenvalue weighted by Crippen LogP contribution is -1.87. The standard InChI is InChI=1S/C9H8N2O/c12-6-8-4-11-3-7-1-2-10-5-9(7)8/h1-5,12H,6H2. The fraction of sp³-hybridized carbons (Fsp3) is 0.111. The Morgan fingerprint density at radius 3 is 2.92 bits per heavy atom. The summed E-state index contributed by atoms with van der Waals surface area (Å²) in [5, 5.41) is 10.9. The van der Waals surface area contributed by atoms with E-state index in [1.54, 1.807) is 24.8 Å². The Hall–Kier alpha value is -1.48. The molecule has 60 valence electrons. The van der Waals surface area contributed by atoms with Crippen LogP contribution < -0.4 is 0 Å². The second kappa shape index (κ2) is 2.87. The average Bonchev–Trinajstić information content (AvgIpc) is 2.17. The highest BCUT2D eigenvalue weighted by Gasteiger charge is 1.98. The van der Waals surface area contributed by atoms with Gasteiger partial charge in [0.1, 0.15) is 0 Å². The number of pyridine rings is 2. The molecule has 0 aromatic carbocycles. The van der Waals surface area contributed by atoms with Crippen LogP contribution in [0.5, 0.6) is 0 Å². The van der Waals surface area contributed by atoms with Crippen molar-refractivity contribution in [2.45, 2.75) is 6.61 Å². The first-order chi connectivity index (χ1) is 5.92. The summed E-state index contributed by atoms with van der Waals surface area (Å²) < 4.78 is 0. The van der Waals surface area contributed by atoms with Gasteiger partial charge < -0.3 is 5.11 Å². The van der Waals surface area contributed by atoms with Gasteiger partial charge in [-0.2, -0.15) is 0 Å². The van der Waals surface area contributed by atoms with Crippen LogP contribution in [0.4, 0.5) is 0 Å². The van der Waals surface area contributed by atoms with E-state index in [4.69, 9.17) is 5.11 Å². The lowest BCUT2D eigenvalue weighted by Gasteiger charge is -2.00. The molecule has 0 fully saturated rings. The normalized spacial score (nSPS) is 10.4. The zero-order chi connectivity index (χ0) is 8.39. The van der Waals surface area contributed by atoms with Gasteiger partial charge in [0.15, 0.2) is 0 Å². The molecule has 3 nitrogen and oxygen atoms in total. The second-order valence-electron chi connectivity index (χ2n) is 2.55. The van der Waals surface area contributed by atoms with Crippen molar-refractivity contribution in [3.8, 4) is 0 Å². The van der Waals surface area contributed by atoms with Crippen LogP contribution >= 0.6 is 0 Å². The Bertz CT molecular complexity index is 395. The van der Waals surface area contributed by atoms with Gasteiger partial charge in [-0.3, -0.25) is 9.97 Å². The second-order valence-corrected chi connectivity index (χ2v) is 2.55. The van der Waals surface area contributed by atoms with Crippen LogP contribution in [-0.2, 0) is 6.61 Å². The quantitative estimate of drug-likeness (QED) is 0.680. The maximum Gasteiger partial charge on any atom is 0.0703 e. The summed E-state index contributed by atoms with van der Waals surface area (Å²) in [6.45, 7) is 0.00995. The number of hydrogen-bond donors (Lipinski definition) is 1. The molecule has 0 spiro atoms. The molecule has 0 amide bonds. The van der Waals surface area contributed by atoms with Crippen molar-refractivity contribution in [3.05, 3.63) is 36.4 Å². The molecule has 0 saturated carbocycles. The Morgan fingerprint density at radius 2 is 2.08 bits per heavy atom. The molecule has 0 radical (unpaired) electrons. The van der Waals surface area contributed by atoms with E-state index in [-0.39, 0.29) is 6.61 Å².